The van der Waals surface area contributed by atoms with Gasteiger partial charge in [0.05, 0.1) is 23.8 Å². The second kappa shape index (κ2) is 9.74. The predicted molar refractivity (Wildman–Crippen MR) is 115 cm³/mol. The number of hydrogen-bond acceptors (Lipinski definition) is 4. The van der Waals surface area contributed by atoms with E-state index in [1.54, 1.807) is 19.2 Å². The van der Waals surface area contributed by atoms with Crippen molar-refractivity contribution < 1.29 is 13.2 Å². The summed E-state index contributed by atoms with van der Waals surface area (Å²) in [5, 5.41) is 3.28. The fraction of sp³-hybridized carbons (Fsp3) is 0.667. The lowest BCUT2D eigenvalue weighted by atomic mass is 9.87. The predicted octanol–water partition coefficient (Wildman–Crippen LogP) is 2.69. The number of guanidine groups is 1. The van der Waals surface area contributed by atoms with Gasteiger partial charge < -0.3 is 15.0 Å². The number of nitrogens with one attached hydrogen (secondary N) is 1. The van der Waals surface area contributed by atoms with Crippen molar-refractivity contribution in [1.29, 1.82) is 0 Å². The monoisotopic (exact) mass is 409 g/mol. The van der Waals surface area contributed by atoms with Gasteiger partial charge in [-0.15, -0.1) is 0 Å². The highest BCUT2D eigenvalue weighted by atomic mass is 32.2. The summed E-state index contributed by atoms with van der Waals surface area (Å²) in [6.45, 7) is 11.9. The normalized spacial score (nSPS) is 18.5. The number of rotatable bonds is 7. The van der Waals surface area contributed by atoms with E-state index in [4.69, 9.17) is 4.74 Å². The Bertz CT molecular complexity index is 752. The molecule has 1 aliphatic heterocycles. The molecule has 1 atom stereocenters. The van der Waals surface area contributed by atoms with Gasteiger partial charge in [0.1, 0.15) is 0 Å². The first-order valence-electron chi connectivity index (χ1n) is 10.0. The Morgan fingerprint density at radius 2 is 1.96 bits per heavy atom. The summed E-state index contributed by atoms with van der Waals surface area (Å²) >= 11 is 0. The number of hydrogen-bond donors (Lipinski definition) is 1. The van der Waals surface area contributed by atoms with E-state index in [1.807, 2.05) is 19.1 Å². The number of benzene rings is 1. The molecule has 0 aromatic heterocycles. The van der Waals surface area contributed by atoms with Crippen molar-refractivity contribution >= 4 is 15.8 Å². The van der Waals surface area contributed by atoms with Gasteiger partial charge >= 0.3 is 0 Å². The number of aliphatic imine (C=N–C) groups is 1. The number of methoxy groups -OCH3 is 1. The molecule has 7 heteroatoms. The van der Waals surface area contributed by atoms with Gasteiger partial charge in [-0.2, -0.15) is 0 Å². The van der Waals surface area contributed by atoms with Crippen LogP contribution in [0.25, 0.3) is 0 Å². The Morgan fingerprint density at radius 3 is 2.54 bits per heavy atom. The molecule has 0 radical (unpaired) electrons. The Labute approximate surface area is 170 Å². The van der Waals surface area contributed by atoms with Gasteiger partial charge in [-0.25, -0.2) is 8.42 Å². The summed E-state index contributed by atoms with van der Waals surface area (Å²) in [4.78, 5) is 7.12. The van der Waals surface area contributed by atoms with Crippen molar-refractivity contribution in [2.75, 3.05) is 45.6 Å². The maximum Gasteiger partial charge on any atom is 0.193 e. The van der Waals surface area contributed by atoms with E-state index in [2.05, 4.69) is 36.0 Å². The van der Waals surface area contributed by atoms with Crippen LogP contribution < -0.4 is 5.32 Å². The highest BCUT2D eigenvalue weighted by molar-refractivity contribution is 7.91. The van der Waals surface area contributed by atoms with E-state index >= 15 is 0 Å². The second-order valence-electron chi connectivity index (χ2n) is 8.38. The summed E-state index contributed by atoms with van der Waals surface area (Å²) in [7, 11) is -1.63. The van der Waals surface area contributed by atoms with Gasteiger partial charge in [-0.1, -0.05) is 32.9 Å². The van der Waals surface area contributed by atoms with Gasteiger partial charge in [0.2, 0.25) is 0 Å². The molecule has 1 saturated heterocycles. The molecule has 0 aliphatic carbocycles. The molecule has 1 aliphatic rings. The zero-order valence-electron chi connectivity index (χ0n) is 17.9. The molecule has 1 fully saturated rings. The standard InChI is InChI=1S/C21H35N3O3S/c1-6-22-20(24-13-11-17(15-24)16-27-5)23-12-14-28(25,26)19-9-7-18(8-10-19)21(2,3)4/h7-10,17H,6,11-16H2,1-5H3,(H,22,23). The van der Waals surface area contributed by atoms with Gasteiger partial charge in [-0.05, 0) is 36.5 Å². The largest absolute Gasteiger partial charge is 0.384 e. The van der Waals surface area contributed by atoms with Crippen molar-refractivity contribution in [2.24, 2.45) is 10.9 Å². The first-order valence-corrected chi connectivity index (χ1v) is 11.7. The maximum atomic E-state index is 12.7. The number of likely N-dealkylation sites (tertiary alicyclic amines) is 1. The first kappa shape index (κ1) is 22.7. The van der Waals surface area contributed by atoms with E-state index in [0.29, 0.717) is 10.8 Å². The van der Waals surface area contributed by atoms with Crippen molar-refractivity contribution in [3.05, 3.63) is 29.8 Å². The van der Waals surface area contributed by atoms with E-state index in [-0.39, 0.29) is 17.7 Å². The zero-order chi connectivity index (χ0) is 20.8. The summed E-state index contributed by atoms with van der Waals surface area (Å²) < 4.78 is 30.6. The molecular weight excluding hydrogens is 374 g/mol. The van der Waals surface area contributed by atoms with Crippen LogP contribution in [0, 0.1) is 5.92 Å². The van der Waals surface area contributed by atoms with Crippen LogP contribution in [0.1, 0.15) is 39.7 Å². The Hall–Kier alpha value is -1.60. The van der Waals surface area contributed by atoms with Crippen molar-refractivity contribution in [3.63, 3.8) is 0 Å². The molecule has 1 N–H and O–H groups in total. The van der Waals surface area contributed by atoms with Crippen LogP contribution >= 0.6 is 0 Å². The quantitative estimate of drug-likeness (QED) is 0.554. The summed E-state index contributed by atoms with van der Waals surface area (Å²) in [5.41, 5.74) is 1.13. The molecule has 158 valence electrons. The highest BCUT2D eigenvalue weighted by Crippen LogP contribution is 2.23. The van der Waals surface area contributed by atoms with Crippen molar-refractivity contribution in [3.8, 4) is 0 Å². The van der Waals surface area contributed by atoms with Crippen LogP contribution in [-0.4, -0.2) is 64.9 Å². The molecule has 1 aromatic rings. The maximum absolute atomic E-state index is 12.7. The van der Waals surface area contributed by atoms with Gasteiger partial charge in [0.25, 0.3) is 0 Å². The number of nitrogens with zero attached hydrogens (tertiary/aromatic N) is 2. The van der Waals surface area contributed by atoms with Crippen LogP contribution in [0.5, 0.6) is 0 Å². The topological polar surface area (TPSA) is 71.0 Å². The molecule has 1 aromatic carbocycles. The molecule has 0 amide bonds. The lowest BCUT2D eigenvalue weighted by Gasteiger charge is -2.21. The minimum absolute atomic E-state index is 0.00368. The molecule has 6 nitrogen and oxygen atoms in total. The van der Waals surface area contributed by atoms with Crippen molar-refractivity contribution in [1.82, 2.24) is 10.2 Å². The summed E-state index contributed by atoms with van der Waals surface area (Å²) in [5.74, 6) is 1.30. The number of sulfone groups is 1. The molecule has 0 spiro atoms. The molecule has 1 unspecified atom stereocenters. The Kier molecular flexibility index (Phi) is 7.89. The average molecular weight is 410 g/mol. The summed E-state index contributed by atoms with van der Waals surface area (Å²) in [6.07, 6.45) is 1.07. The van der Waals surface area contributed by atoms with Gasteiger partial charge in [-0.3, -0.25) is 4.99 Å². The molecular formula is C21H35N3O3S. The molecule has 2 rings (SSSR count). The molecule has 28 heavy (non-hydrogen) atoms. The molecule has 0 bridgehead atoms. The van der Waals surface area contributed by atoms with E-state index in [0.717, 1.165) is 44.2 Å². The fourth-order valence-corrected chi connectivity index (χ4v) is 4.49. The van der Waals surface area contributed by atoms with Crippen LogP contribution in [0.3, 0.4) is 0 Å². The third-order valence-electron chi connectivity index (χ3n) is 5.02. The SMILES string of the molecule is CCNC(=NCCS(=O)(=O)c1ccc(C(C)(C)C)cc1)N1CCC(COC)C1. The van der Waals surface area contributed by atoms with Crippen molar-refractivity contribution in [2.45, 2.75) is 44.4 Å². The van der Waals surface area contributed by atoms with Crippen LogP contribution in [0.15, 0.2) is 34.2 Å². The molecule has 1 heterocycles. The third-order valence-corrected chi connectivity index (χ3v) is 6.73. The number of ether oxygens (including phenoxy) is 1. The molecule has 0 saturated carbocycles. The van der Waals surface area contributed by atoms with Crippen LogP contribution in [0.2, 0.25) is 0 Å². The highest BCUT2D eigenvalue weighted by Gasteiger charge is 2.25. The van der Waals surface area contributed by atoms with E-state index in [9.17, 15) is 8.42 Å². The second-order valence-corrected chi connectivity index (χ2v) is 10.5. The van der Waals surface area contributed by atoms with Crippen LogP contribution in [-0.2, 0) is 20.0 Å². The lowest BCUT2D eigenvalue weighted by molar-refractivity contribution is 0.157. The minimum atomic E-state index is -3.35. The Morgan fingerprint density at radius 1 is 1.29 bits per heavy atom. The van der Waals surface area contributed by atoms with E-state index in [1.165, 1.54) is 0 Å². The van der Waals surface area contributed by atoms with Gasteiger partial charge in [0, 0.05) is 32.7 Å². The zero-order valence-corrected chi connectivity index (χ0v) is 18.7. The first-order chi connectivity index (χ1) is 13.2. The third kappa shape index (κ3) is 6.21. The van der Waals surface area contributed by atoms with Gasteiger partial charge in [0.15, 0.2) is 15.8 Å². The smallest absolute Gasteiger partial charge is 0.193 e. The van der Waals surface area contributed by atoms with E-state index < -0.39 is 9.84 Å². The average Bonchev–Trinajstić information content (AvgIpc) is 3.09. The Balaban J connectivity index is 2.01. The summed E-state index contributed by atoms with van der Waals surface area (Å²) in [6, 6.07) is 7.22. The minimum Gasteiger partial charge on any atom is -0.384 e. The lowest BCUT2D eigenvalue weighted by Crippen LogP contribution is -2.40. The van der Waals surface area contributed by atoms with Crippen LogP contribution in [0.4, 0.5) is 0 Å². The fourth-order valence-electron chi connectivity index (χ4n) is 3.37.